The molecular weight excluding hydrogens is 497 g/mol. The van der Waals surface area contributed by atoms with Gasteiger partial charge in [0, 0.05) is 32.2 Å². The van der Waals surface area contributed by atoms with Crippen LogP contribution in [0.5, 0.6) is 11.5 Å². The van der Waals surface area contributed by atoms with Crippen molar-refractivity contribution in [2.75, 3.05) is 45.3 Å². The number of nitrogens with one attached hydrogen (secondary N) is 1. The minimum absolute atomic E-state index is 0.0413. The summed E-state index contributed by atoms with van der Waals surface area (Å²) in [4.78, 5) is 17.1. The molecule has 37 heavy (non-hydrogen) atoms. The molecule has 1 saturated heterocycles. The maximum Gasteiger partial charge on any atom is 0.241 e. The molecule has 3 aromatic carbocycles. The van der Waals surface area contributed by atoms with Crippen molar-refractivity contribution >= 4 is 21.6 Å². The van der Waals surface area contributed by atoms with E-state index in [-0.39, 0.29) is 28.8 Å². The molecule has 1 N–H and O–H groups in total. The zero-order chi connectivity index (χ0) is 26.4. The molecule has 1 aliphatic heterocycles. The molecule has 0 radical (unpaired) electrons. The summed E-state index contributed by atoms with van der Waals surface area (Å²) in [7, 11) is -1.19. The molecule has 1 aliphatic rings. The van der Waals surface area contributed by atoms with Crippen LogP contribution >= 0.6 is 0 Å². The molecule has 1 amide bonds. The quantitative estimate of drug-likeness (QED) is 0.460. The Morgan fingerprint density at radius 3 is 2.22 bits per heavy atom. The SMILES string of the molecule is COc1ccc(S(=O)(=O)NC(Cc2ccccc2)C(=O)N2CCN(c3ccccc3F)CC2)cc1OC. The second-order valence-electron chi connectivity index (χ2n) is 8.64. The number of carbonyl (C=O) groups is 1. The molecule has 1 heterocycles. The second kappa shape index (κ2) is 11.6. The first kappa shape index (κ1) is 26.4. The van der Waals surface area contributed by atoms with Gasteiger partial charge in [0.05, 0.1) is 24.8 Å². The third kappa shape index (κ3) is 6.20. The summed E-state index contributed by atoms with van der Waals surface area (Å²) in [6, 6.07) is 19.0. The van der Waals surface area contributed by atoms with Gasteiger partial charge in [-0.2, -0.15) is 4.72 Å². The Kier molecular flexibility index (Phi) is 8.30. The van der Waals surface area contributed by atoms with Crippen LogP contribution in [0.2, 0.25) is 0 Å². The fourth-order valence-electron chi connectivity index (χ4n) is 4.36. The standard InChI is InChI=1S/C27H30FN3O5S/c1-35-25-13-12-21(19-26(25)36-2)37(33,34)29-23(18-20-8-4-3-5-9-20)27(32)31-16-14-30(15-17-31)24-11-7-6-10-22(24)28/h3-13,19,23,29H,14-18H2,1-2H3. The number of hydrogen-bond donors (Lipinski definition) is 1. The smallest absolute Gasteiger partial charge is 0.241 e. The van der Waals surface area contributed by atoms with E-state index in [2.05, 4.69) is 4.72 Å². The summed E-state index contributed by atoms with van der Waals surface area (Å²) >= 11 is 0. The van der Waals surface area contributed by atoms with Crippen molar-refractivity contribution in [2.24, 2.45) is 0 Å². The highest BCUT2D eigenvalue weighted by Gasteiger charge is 2.32. The van der Waals surface area contributed by atoms with E-state index in [1.54, 1.807) is 23.1 Å². The number of anilines is 1. The molecule has 10 heteroatoms. The normalized spacial score (nSPS) is 14.8. The van der Waals surface area contributed by atoms with Gasteiger partial charge in [0.1, 0.15) is 11.9 Å². The molecule has 0 saturated carbocycles. The fraction of sp³-hybridized carbons (Fsp3) is 0.296. The number of para-hydroxylation sites is 1. The number of rotatable bonds is 9. The van der Waals surface area contributed by atoms with Gasteiger partial charge >= 0.3 is 0 Å². The Balaban J connectivity index is 1.54. The van der Waals surface area contributed by atoms with E-state index in [1.165, 1.54) is 38.5 Å². The van der Waals surface area contributed by atoms with Gasteiger partial charge in [-0.05, 0) is 36.2 Å². The number of methoxy groups -OCH3 is 2. The average molecular weight is 528 g/mol. The van der Waals surface area contributed by atoms with Crippen LogP contribution < -0.4 is 19.1 Å². The van der Waals surface area contributed by atoms with Crippen molar-refractivity contribution in [1.82, 2.24) is 9.62 Å². The van der Waals surface area contributed by atoms with Gasteiger partial charge < -0.3 is 19.3 Å². The number of carbonyl (C=O) groups excluding carboxylic acids is 1. The molecule has 1 unspecified atom stereocenters. The lowest BCUT2D eigenvalue weighted by molar-refractivity contribution is -0.133. The lowest BCUT2D eigenvalue weighted by Gasteiger charge is -2.37. The van der Waals surface area contributed by atoms with Crippen molar-refractivity contribution in [3.63, 3.8) is 0 Å². The van der Waals surface area contributed by atoms with E-state index in [0.717, 1.165) is 5.56 Å². The zero-order valence-electron chi connectivity index (χ0n) is 20.8. The van der Waals surface area contributed by atoms with Crippen LogP contribution in [0.4, 0.5) is 10.1 Å². The first-order valence-electron chi connectivity index (χ1n) is 11.9. The molecule has 0 aromatic heterocycles. The van der Waals surface area contributed by atoms with Gasteiger partial charge in [-0.25, -0.2) is 12.8 Å². The lowest BCUT2D eigenvalue weighted by Crippen LogP contribution is -2.55. The number of halogens is 1. The van der Waals surface area contributed by atoms with Crippen LogP contribution in [-0.4, -0.2) is 65.7 Å². The van der Waals surface area contributed by atoms with Crippen molar-refractivity contribution in [1.29, 1.82) is 0 Å². The third-order valence-corrected chi connectivity index (χ3v) is 7.80. The molecule has 3 aromatic rings. The molecule has 0 bridgehead atoms. The van der Waals surface area contributed by atoms with Crippen LogP contribution in [0.15, 0.2) is 77.7 Å². The number of sulfonamides is 1. The Labute approximate surface area is 216 Å². The molecular formula is C27H30FN3O5S. The second-order valence-corrected chi connectivity index (χ2v) is 10.4. The number of ether oxygens (including phenoxy) is 2. The molecule has 0 spiro atoms. The van der Waals surface area contributed by atoms with Crippen LogP contribution in [0.1, 0.15) is 5.56 Å². The fourth-order valence-corrected chi connectivity index (χ4v) is 5.57. The Morgan fingerprint density at radius 1 is 0.919 bits per heavy atom. The summed E-state index contributed by atoms with van der Waals surface area (Å²) in [5, 5.41) is 0. The summed E-state index contributed by atoms with van der Waals surface area (Å²) in [6.45, 7) is 1.56. The number of nitrogens with zero attached hydrogens (tertiary/aromatic N) is 2. The summed E-state index contributed by atoms with van der Waals surface area (Å²) < 4.78 is 54.0. The van der Waals surface area contributed by atoms with Crippen molar-refractivity contribution < 1.29 is 27.1 Å². The van der Waals surface area contributed by atoms with E-state index in [0.29, 0.717) is 37.6 Å². The number of piperazine rings is 1. The van der Waals surface area contributed by atoms with E-state index in [1.807, 2.05) is 35.2 Å². The van der Waals surface area contributed by atoms with Crippen LogP contribution in [0.3, 0.4) is 0 Å². The van der Waals surface area contributed by atoms with Gasteiger partial charge in [-0.15, -0.1) is 0 Å². The van der Waals surface area contributed by atoms with Crippen LogP contribution in [0, 0.1) is 5.82 Å². The average Bonchev–Trinajstić information content (AvgIpc) is 2.92. The highest BCUT2D eigenvalue weighted by molar-refractivity contribution is 7.89. The highest BCUT2D eigenvalue weighted by Crippen LogP contribution is 2.29. The predicted molar refractivity (Wildman–Crippen MR) is 139 cm³/mol. The topological polar surface area (TPSA) is 88.2 Å². The molecule has 196 valence electrons. The summed E-state index contributed by atoms with van der Waals surface area (Å²) in [5.41, 5.74) is 1.31. The molecule has 0 aliphatic carbocycles. The third-order valence-electron chi connectivity index (χ3n) is 6.33. The molecule has 1 fully saturated rings. The van der Waals surface area contributed by atoms with Crippen LogP contribution in [-0.2, 0) is 21.2 Å². The maximum atomic E-state index is 14.2. The van der Waals surface area contributed by atoms with Gasteiger partial charge in [-0.3, -0.25) is 4.79 Å². The Morgan fingerprint density at radius 2 is 1.57 bits per heavy atom. The molecule has 8 nitrogen and oxygen atoms in total. The predicted octanol–water partition coefficient (Wildman–Crippen LogP) is 3.08. The van der Waals surface area contributed by atoms with Crippen molar-refractivity contribution in [3.8, 4) is 11.5 Å². The van der Waals surface area contributed by atoms with Crippen molar-refractivity contribution in [3.05, 3.63) is 84.2 Å². The summed E-state index contributed by atoms with van der Waals surface area (Å²) in [5.74, 6) is 0.0136. The first-order chi connectivity index (χ1) is 17.8. The molecule has 4 rings (SSSR count). The van der Waals surface area contributed by atoms with E-state index in [9.17, 15) is 17.6 Å². The van der Waals surface area contributed by atoms with Crippen molar-refractivity contribution in [2.45, 2.75) is 17.4 Å². The van der Waals surface area contributed by atoms with Gasteiger partial charge in [0.15, 0.2) is 11.5 Å². The van der Waals surface area contributed by atoms with E-state index < -0.39 is 16.1 Å². The minimum atomic E-state index is -4.07. The van der Waals surface area contributed by atoms with E-state index in [4.69, 9.17) is 9.47 Å². The summed E-state index contributed by atoms with van der Waals surface area (Å²) in [6.07, 6.45) is 0.180. The number of hydrogen-bond acceptors (Lipinski definition) is 6. The number of benzene rings is 3. The van der Waals surface area contributed by atoms with Gasteiger partial charge in [0.25, 0.3) is 0 Å². The Hall–Kier alpha value is -3.63. The van der Waals surface area contributed by atoms with Crippen LogP contribution in [0.25, 0.3) is 0 Å². The number of amides is 1. The zero-order valence-corrected chi connectivity index (χ0v) is 21.6. The Bertz CT molecular complexity index is 1330. The van der Waals surface area contributed by atoms with E-state index >= 15 is 0 Å². The maximum absolute atomic E-state index is 14.2. The molecule has 1 atom stereocenters. The first-order valence-corrected chi connectivity index (χ1v) is 13.4. The highest BCUT2D eigenvalue weighted by atomic mass is 32.2. The monoisotopic (exact) mass is 527 g/mol. The minimum Gasteiger partial charge on any atom is -0.493 e. The largest absolute Gasteiger partial charge is 0.493 e. The van der Waals surface area contributed by atoms with Gasteiger partial charge in [0.2, 0.25) is 15.9 Å². The lowest BCUT2D eigenvalue weighted by atomic mass is 10.1. The van der Waals surface area contributed by atoms with Gasteiger partial charge in [-0.1, -0.05) is 42.5 Å².